The summed E-state index contributed by atoms with van der Waals surface area (Å²) in [6, 6.07) is 12.2. The first kappa shape index (κ1) is 45.2. The molecule has 6 rings (SSSR count). The minimum absolute atomic E-state index is 0.0321. The number of benzene rings is 2. The summed E-state index contributed by atoms with van der Waals surface area (Å²) in [5.41, 5.74) is 5.72. The zero-order valence-corrected chi connectivity index (χ0v) is 36.9. The number of fused-ring (bicyclic) bond motifs is 1. The van der Waals surface area contributed by atoms with Crippen LogP contribution in [0.4, 0.5) is 17.1 Å². The summed E-state index contributed by atoms with van der Waals surface area (Å²) in [7, 11) is -0.960. The number of amides is 1. The highest BCUT2D eigenvalue weighted by molar-refractivity contribution is 7.90. The number of aromatic amines is 1. The van der Waals surface area contributed by atoms with E-state index in [0.29, 0.717) is 31.0 Å². The van der Waals surface area contributed by atoms with Gasteiger partial charge in [-0.2, -0.15) is 0 Å². The van der Waals surface area contributed by atoms with E-state index in [2.05, 4.69) is 62.1 Å². The third-order valence-corrected chi connectivity index (χ3v) is 12.9. The lowest BCUT2D eigenvalue weighted by molar-refractivity contribution is -0.384. The zero-order chi connectivity index (χ0) is 43.7. The number of carbonyl (C=O) groups is 1. The Bertz CT molecular complexity index is 2350. The van der Waals surface area contributed by atoms with Crippen LogP contribution in [0.25, 0.3) is 11.0 Å². The van der Waals surface area contributed by atoms with Gasteiger partial charge < -0.3 is 29.6 Å². The molecule has 16 heteroatoms. The van der Waals surface area contributed by atoms with Crippen molar-refractivity contribution in [3.63, 3.8) is 0 Å². The maximum absolute atomic E-state index is 13.9. The number of likely N-dealkylation sites (N-methyl/N-ethyl adjacent to an activating group) is 1. The van der Waals surface area contributed by atoms with Crippen molar-refractivity contribution in [3.05, 3.63) is 99.9 Å². The Balaban J connectivity index is 1.18. The lowest BCUT2D eigenvalue weighted by Gasteiger charge is -2.39. The fourth-order valence-electron chi connectivity index (χ4n) is 8.00. The number of anilines is 2. The van der Waals surface area contributed by atoms with Crippen molar-refractivity contribution in [2.45, 2.75) is 64.2 Å². The second kappa shape index (κ2) is 20.1. The summed E-state index contributed by atoms with van der Waals surface area (Å²) in [5.74, 6) is -0.457. The number of carbonyl (C=O) groups excluding carboxylic acids is 1. The molecule has 0 radical (unpaired) electrons. The Morgan fingerprint density at radius 3 is 2.62 bits per heavy atom. The van der Waals surface area contributed by atoms with Crippen LogP contribution in [0.5, 0.6) is 11.5 Å². The zero-order valence-electron chi connectivity index (χ0n) is 36.1. The van der Waals surface area contributed by atoms with Crippen molar-refractivity contribution in [2.24, 2.45) is 5.41 Å². The predicted octanol–water partition coefficient (Wildman–Crippen LogP) is 7.75. The van der Waals surface area contributed by atoms with E-state index in [1.165, 1.54) is 41.5 Å². The van der Waals surface area contributed by atoms with Gasteiger partial charge in [0, 0.05) is 82.3 Å². The van der Waals surface area contributed by atoms with Gasteiger partial charge in [0.1, 0.15) is 22.8 Å². The molecular formula is C45H60N8O7S. The van der Waals surface area contributed by atoms with Gasteiger partial charge in [0.2, 0.25) is 0 Å². The number of sulfonamides is 1. The number of H-pyrrole nitrogens is 1. The molecule has 15 nitrogen and oxygen atoms in total. The largest absolute Gasteiger partial charge is 0.455 e. The molecule has 1 fully saturated rings. The van der Waals surface area contributed by atoms with Gasteiger partial charge in [0.05, 0.1) is 28.2 Å². The van der Waals surface area contributed by atoms with Crippen LogP contribution < -0.4 is 19.7 Å². The van der Waals surface area contributed by atoms with E-state index in [1.54, 1.807) is 37.6 Å². The van der Waals surface area contributed by atoms with Crippen LogP contribution in [0.15, 0.2) is 89.1 Å². The number of aromatic nitrogens is 2. The maximum Gasteiger partial charge on any atom is 0.293 e. The summed E-state index contributed by atoms with van der Waals surface area (Å²) >= 11 is 0. The molecular weight excluding hydrogens is 797 g/mol. The molecule has 2 aromatic heterocycles. The Kier molecular flexibility index (Phi) is 14.9. The number of hydrogen-bond donors (Lipinski definition) is 3. The van der Waals surface area contributed by atoms with Crippen LogP contribution >= 0.6 is 0 Å². The van der Waals surface area contributed by atoms with Crippen LogP contribution in [-0.2, 0) is 14.8 Å². The second-order valence-electron chi connectivity index (χ2n) is 16.9. The molecule has 61 heavy (non-hydrogen) atoms. The van der Waals surface area contributed by atoms with E-state index in [-0.39, 0.29) is 22.4 Å². The number of methoxy groups -OCH3 is 1. The fourth-order valence-corrected chi connectivity index (χ4v) is 8.98. The quantitative estimate of drug-likeness (QED) is 0.0449. The van der Waals surface area contributed by atoms with Gasteiger partial charge in [-0.15, -0.1) is 0 Å². The van der Waals surface area contributed by atoms with E-state index in [1.807, 2.05) is 13.1 Å². The summed E-state index contributed by atoms with van der Waals surface area (Å²) < 4.78 is 40.8. The minimum atomic E-state index is -4.55. The van der Waals surface area contributed by atoms with Crippen molar-refractivity contribution >= 4 is 44.0 Å². The van der Waals surface area contributed by atoms with Gasteiger partial charge in [-0.25, -0.2) is 18.1 Å². The van der Waals surface area contributed by atoms with E-state index in [0.717, 1.165) is 88.6 Å². The third kappa shape index (κ3) is 11.8. The monoisotopic (exact) mass is 856 g/mol. The molecule has 3 N–H and O–H groups in total. The summed E-state index contributed by atoms with van der Waals surface area (Å²) in [6.45, 7) is 18.0. The van der Waals surface area contributed by atoms with Crippen molar-refractivity contribution in [3.8, 4) is 11.5 Å². The van der Waals surface area contributed by atoms with Gasteiger partial charge in [0.25, 0.3) is 21.6 Å². The molecule has 0 bridgehead atoms. The summed E-state index contributed by atoms with van der Waals surface area (Å²) in [6.07, 6.45) is 9.40. The van der Waals surface area contributed by atoms with Gasteiger partial charge in [-0.1, -0.05) is 44.9 Å². The van der Waals surface area contributed by atoms with Gasteiger partial charge in [-0.3, -0.25) is 19.8 Å². The Labute approximate surface area is 359 Å². The molecule has 0 saturated carbocycles. The van der Waals surface area contributed by atoms with Gasteiger partial charge in [-0.05, 0) is 93.1 Å². The standard InChI is InChI=1S/C45H60N8O7S/c1-7-9-32(2)39-29-45(3,4)16-14-34(39)31-51-20-22-52(23-21-51)35-10-12-38(42(27-35)60-36-26-33-15-18-47-43(33)48-30-36)44(54)49-61(57,58)37-11-13-40(41(28-37)53(55)56)46-17-8-19-50(5)24-25-59-6/h10-13,15,18,26-28,30,46H,2,7-9,14,16-17,19-25,29,31H2,1,3-6H3,(H,47,48)(H,49,54). The predicted molar refractivity (Wildman–Crippen MR) is 240 cm³/mol. The molecule has 0 spiro atoms. The van der Waals surface area contributed by atoms with Crippen molar-refractivity contribution in [2.75, 3.05) is 83.3 Å². The SMILES string of the molecule is C=C(CCC)C1=C(CN2CCN(c3ccc(C(=O)NS(=O)(=O)c4ccc(NCCCN(C)CCOC)c([N+](=O)[O-])c4)c(Oc4cnc5[nH]ccc5c4)c3)CC2)CCC(C)(C)C1. The third-order valence-electron chi connectivity index (χ3n) is 11.5. The number of piperazine rings is 1. The van der Waals surface area contributed by atoms with Crippen molar-refractivity contribution in [1.29, 1.82) is 0 Å². The number of nitrogens with zero attached hydrogens (tertiary/aromatic N) is 5. The summed E-state index contributed by atoms with van der Waals surface area (Å²) in [4.78, 5) is 39.2. The normalized spacial score (nSPS) is 15.9. The molecule has 3 heterocycles. The van der Waals surface area contributed by atoms with E-state index < -0.39 is 31.4 Å². The Morgan fingerprint density at radius 1 is 1.10 bits per heavy atom. The number of nitro benzene ring substituents is 1. The number of pyridine rings is 1. The Morgan fingerprint density at radius 2 is 1.89 bits per heavy atom. The minimum Gasteiger partial charge on any atom is -0.455 e. The van der Waals surface area contributed by atoms with Crippen molar-refractivity contribution in [1.82, 2.24) is 24.5 Å². The highest BCUT2D eigenvalue weighted by atomic mass is 32.2. The van der Waals surface area contributed by atoms with E-state index in [4.69, 9.17) is 9.47 Å². The maximum atomic E-state index is 13.9. The van der Waals surface area contributed by atoms with Gasteiger partial charge in [0.15, 0.2) is 0 Å². The number of ether oxygens (including phenoxy) is 2. The van der Waals surface area contributed by atoms with Crippen LogP contribution in [0.3, 0.4) is 0 Å². The average Bonchev–Trinajstić information content (AvgIpc) is 3.70. The number of hydrogen-bond acceptors (Lipinski definition) is 12. The molecule has 2 aliphatic rings. The smallest absolute Gasteiger partial charge is 0.293 e. The average molecular weight is 857 g/mol. The number of nitrogens with one attached hydrogen (secondary N) is 3. The van der Waals surface area contributed by atoms with Crippen LogP contribution in [0, 0.1) is 15.5 Å². The number of allylic oxidation sites excluding steroid dienone is 2. The molecule has 1 amide bonds. The highest BCUT2D eigenvalue weighted by Gasteiger charge is 2.30. The van der Waals surface area contributed by atoms with Gasteiger partial charge >= 0.3 is 0 Å². The lowest BCUT2D eigenvalue weighted by Crippen LogP contribution is -2.47. The molecule has 1 saturated heterocycles. The van der Waals surface area contributed by atoms with Crippen LogP contribution in [0.2, 0.25) is 0 Å². The molecule has 2 aromatic carbocycles. The topological polar surface area (TPSA) is 175 Å². The molecule has 328 valence electrons. The molecule has 0 unspecified atom stereocenters. The fraction of sp³-hybridized carbons (Fsp3) is 0.467. The highest BCUT2D eigenvalue weighted by Crippen LogP contribution is 2.42. The van der Waals surface area contributed by atoms with E-state index >= 15 is 0 Å². The molecule has 4 aromatic rings. The van der Waals surface area contributed by atoms with Crippen molar-refractivity contribution < 1.29 is 27.6 Å². The Hall–Kier alpha value is -5.29. The first-order valence-corrected chi connectivity index (χ1v) is 22.5. The lowest BCUT2D eigenvalue weighted by atomic mass is 9.72. The van der Waals surface area contributed by atoms with Crippen LogP contribution in [0.1, 0.15) is 69.7 Å². The number of rotatable bonds is 20. The molecule has 0 atom stereocenters. The summed E-state index contributed by atoms with van der Waals surface area (Å²) in [5, 5.41) is 15.9. The second-order valence-corrected chi connectivity index (χ2v) is 18.5. The molecule has 1 aliphatic carbocycles. The number of nitro groups is 1. The van der Waals surface area contributed by atoms with Crippen LogP contribution in [-0.4, -0.2) is 112 Å². The van der Waals surface area contributed by atoms with E-state index in [9.17, 15) is 23.3 Å². The molecule has 1 aliphatic heterocycles. The first-order chi connectivity index (χ1) is 29.2. The first-order valence-electron chi connectivity index (χ1n) is 21.0.